The van der Waals surface area contributed by atoms with E-state index in [9.17, 15) is 8.42 Å². The van der Waals surface area contributed by atoms with Crippen LogP contribution >= 0.6 is 0 Å². The lowest BCUT2D eigenvalue weighted by Crippen LogP contribution is -2.48. The van der Waals surface area contributed by atoms with Gasteiger partial charge in [-0.05, 0) is 47.0 Å². The lowest BCUT2D eigenvalue weighted by molar-refractivity contribution is 0.181. The van der Waals surface area contributed by atoms with E-state index in [-0.39, 0.29) is 0 Å². The summed E-state index contributed by atoms with van der Waals surface area (Å²) in [4.78, 5) is 2.66. The molecule has 0 radical (unpaired) electrons. The fourth-order valence-corrected chi connectivity index (χ4v) is 5.25. The SMILES string of the molecule is CCCOc1ccc2cc(S(=O)(=O)N3CCN(Cc4ccccc4)CC3)ccc2c1. The largest absolute Gasteiger partial charge is 0.494 e. The Morgan fingerprint density at radius 3 is 2.30 bits per heavy atom. The second kappa shape index (κ2) is 9.16. The fraction of sp³-hybridized carbons (Fsp3) is 0.333. The van der Waals surface area contributed by atoms with E-state index in [4.69, 9.17) is 4.74 Å². The zero-order chi connectivity index (χ0) is 21.0. The maximum absolute atomic E-state index is 13.2. The molecule has 6 heteroatoms. The number of ether oxygens (including phenoxy) is 1. The fourth-order valence-electron chi connectivity index (χ4n) is 3.79. The van der Waals surface area contributed by atoms with Crippen molar-refractivity contribution < 1.29 is 13.2 Å². The van der Waals surface area contributed by atoms with Crippen LogP contribution in [0.5, 0.6) is 5.75 Å². The minimum Gasteiger partial charge on any atom is -0.494 e. The third kappa shape index (κ3) is 4.67. The van der Waals surface area contributed by atoms with Gasteiger partial charge < -0.3 is 4.74 Å². The minimum absolute atomic E-state index is 0.355. The van der Waals surface area contributed by atoms with E-state index in [0.29, 0.717) is 24.6 Å². The van der Waals surface area contributed by atoms with Gasteiger partial charge in [0.25, 0.3) is 0 Å². The predicted molar refractivity (Wildman–Crippen MR) is 120 cm³/mol. The van der Waals surface area contributed by atoms with Crippen molar-refractivity contribution in [3.63, 3.8) is 0 Å². The molecule has 1 heterocycles. The molecule has 0 spiro atoms. The molecule has 3 aromatic rings. The number of sulfonamides is 1. The number of rotatable bonds is 7. The Balaban J connectivity index is 1.45. The molecule has 0 amide bonds. The van der Waals surface area contributed by atoms with Gasteiger partial charge in [0.1, 0.15) is 5.75 Å². The van der Waals surface area contributed by atoms with Crippen LogP contribution in [-0.4, -0.2) is 50.4 Å². The van der Waals surface area contributed by atoms with E-state index in [1.807, 2.05) is 42.5 Å². The van der Waals surface area contributed by atoms with Crippen LogP contribution < -0.4 is 4.74 Å². The van der Waals surface area contributed by atoms with Crippen LogP contribution in [0.4, 0.5) is 0 Å². The number of piperazine rings is 1. The summed E-state index contributed by atoms with van der Waals surface area (Å²) in [6.07, 6.45) is 0.952. The van der Waals surface area contributed by atoms with Crippen LogP contribution in [0.15, 0.2) is 71.6 Å². The van der Waals surface area contributed by atoms with Gasteiger partial charge in [0.15, 0.2) is 0 Å². The highest BCUT2D eigenvalue weighted by Gasteiger charge is 2.28. The average Bonchev–Trinajstić information content (AvgIpc) is 2.78. The lowest BCUT2D eigenvalue weighted by atomic mass is 10.1. The van der Waals surface area contributed by atoms with Crippen LogP contribution in [0.1, 0.15) is 18.9 Å². The van der Waals surface area contributed by atoms with Gasteiger partial charge in [-0.3, -0.25) is 4.90 Å². The summed E-state index contributed by atoms with van der Waals surface area (Å²) in [6, 6.07) is 21.4. The van der Waals surface area contributed by atoms with E-state index in [1.54, 1.807) is 16.4 Å². The van der Waals surface area contributed by atoms with Gasteiger partial charge in [0, 0.05) is 32.7 Å². The van der Waals surface area contributed by atoms with Crippen molar-refractivity contribution >= 4 is 20.8 Å². The van der Waals surface area contributed by atoms with Crippen LogP contribution in [0, 0.1) is 0 Å². The summed E-state index contributed by atoms with van der Waals surface area (Å²) in [7, 11) is -3.50. The van der Waals surface area contributed by atoms with E-state index < -0.39 is 10.0 Å². The van der Waals surface area contributed by atoms with Gasteiger partial charge in [-0.15, -0.1) is 0 Å². The molecule has 1 saturated heterocycles. The zero-order valence-corrected chi connectivity index (χ0v) is 18.1. The summed E-state index contributed by atoms with van der Waals surface area (Å²) in [5.41, 5.74) is 1.26. The molecule has 3 aromatic carbocycles. The summed E-state index contributed by atoms with van der Waals surface area (Å²) in [6.45, 7) is 6.09. The normalized spacial score (nSPS) is 16.0. The van der Waals surface area contributed by atoms with Crippen molar-refractivity contribution in [1.29, 1.82) is 0 Å². The van der Waals surface area contributed by atoms with Crippen LogP contribution in [0.2, 0.25) is 0 Å². The maximum Gasteiger partial charge on any atom is 0.243 e. The van der Waals surface area contributed by atoms with Crippen LogP contribution in [0.25, 0.3) is 10.8 Å². The Bertz CT molecular complexity index is 1090. The van der Waals surface area contributed by atoms with Crippen molar-refractivity contribution in [1.82, 2.24) is 9.21 Å². The first kappa shape index (κ1) is 20.8. The highest BCUT2D eigenvalue weighted by atomic mass is 32.2. The van der Waals surface area contributed by atoms with Gasteiger partial charge in [0.05, 0.1) is 11.5 Å². The van der Waals surface area contributed by atoms with Crippen molar-refractivity contribution in [3.8, 4) is 5.75 Å². The Kier molecular flexibility index (Phi) is 6.37. The zero-order valence-electron chi connectivity index (χ0n) is 17.3. The number of hydrogen-bond donors (Lipinski definition) is 0. The summed E-state index contributed by atoms with van der Waals surface area (Å²) in [5, 5.41) is 1.89. The summed E-state index contributed by atoms with van der Waals surface area (Å²) in [5.74, 6) is 0.814. The Morgan fingerprint density at radius 1 is 0.867 bits per heavy atom. The molecule has 1 fully saturated rings. The Morgan fingerprint density at radius 2 is 1.57 bits per heavy atom. The third-order valence-electron chi connectivity index (χ3n) is 5.47. The number of hydrogen-bond acceptors (Lipinski definition) is 4. The van der Waals surface area contributed by atoms with Gasteiger partial charge in [-0.1, -0.05) is 49.4 Å². The Hall–Kier alpha value is -2.41. The number of fused-ring (bicyclic) bond motifs is 1. The summed E-state index contributed by atoms with van der Waals surface area (Å²) < 4.78 is 33.7. The third-order valence-corrected chi connectivity index (χ3v) is 7.37. The molecule has 0 N–H and O–H groups in total. The maximum atomic E-state index is 13.2. The first-order valence-electron chi connectivity index (χ1n) is 10.5. The van der Waals surface area contributed by atoms with Crippen molar-refractivity contribution in [2.45, 2.75) is 24.8 Å². The molecule has 30 heavy (non-hydrogen) atoms. The molecule has 0 unspecified atom stereocenters. The van der Waals surface area contributed by atoms with E-state index in [2.05, 4.69) is 24.0 Å². The molecule has 0 aliphatic carbocycles. The highest BCUT2D eigenvalue weighted by Crippen LogP contribution is 2.26. The summed E-state index contributed by atoms with van der Waals surface area (Å²) >= 11 is 0. The van der Waals surface area contributed by atoms with Crippen LogP contribution in [0.3, 0.4) is 0 Å². The molecule has 1 aliphatic heterocycles. The molecule has 0 saturated carbocycles. The van der Waals surface area contributed by atoms with Crippen molar-refractivity contribution in [2.75, 3.05) is 32.8 Å². The van der Waals surface area contributed by atoms with Crippen LogP contribution in [-0.2, 0) is 16.6 Å². The van der Waals surface area contributed by atoms with Crippen molar-refractivity contribution in [2.24, 2.45) is 0 Å². The van der Waals surface area contributed by atoms with Gasteiger partial charge in [-0.2, -0.15) is 4.31 Å². The molecular weight excluding hydrogens is 396 g/mol. The number of benzene rings is 3. The van der Waals surface area contributed by atoms with Gasteiger partial charge >= 0.3 is 0 Å². The first-order valence-corrected chi connectivity index (χ1v) is 11.9. The minimum atomic E-state index is -3.50. The smallest absolute Gasteiger partial charge is 0.243 e. The Labute approximate surface area is 178 Å². The first-order chi connectivity index (χ1) is 14.6. The monoisotopic (exact) mass is 424 g/mol. The van der Waals surface area contributed by atoms with Crippen molar-refractivity contribution in [3.05, 3.63) is 72.3 Å². The molecule has 5 nitrogen and oxygen atoms in total. The molecule has 0 atom stereocenters. The molecular formula is C24H28N2O3S. The van der Waals surface area contributed by atoms with Gasteiger partial charge in [0.2, 0.25) is 10.0 Å². The highest BCUT2D eigenvalue weighted by molar-refractivity contribution is 7.89. The molecule has 1 aliphatic rings. The van der Waals surface area contributed by atoms with E-state index in [1.165, 1.54) is 5.56 Å². The molecule has 4 rings (SSSR count). The molecule has 0 aromatic heterocycles. The lowest BCUT2D eigenvalue weighted by Gasteiger charge is -2.34. The van der Waals surface area contributed by atoms with E-state index >= 15 is 0 Å². The second-order valence-corrected chi connectivity index (χ2v) is 9.62. The second-order valence-electron chi connectivity index (χ2n) is 7.69. The standard InChI is InChI=1S/C24H28N2O3S/c1-2-16-29-23-10-8-22-18-24(11-9-21(22)17-23)30(27,28)26-14-12-25(13-15-26)19-20-6-4-3-5-7-20/h3-11,17-18H,2,12-16,19H2,1H3. The molecule has 0 bridgehead atoms. The molecule has 158 valence electrons. The van der Waals surface area contributed by atoms with Gasteiger partial charge in [-0.25, -0.2) is 8.42 Å². The van der Waals surface area contributed by atoms with E-state index in [0.717, 1.165) is 42.6 Å². The average molecular weight is 425 g/mol. The topological polar surface area (TPSA) is 49.9 Å². The quantitative estimate of drug-likeness (QED) is 0.572. The number of nitrogens with zero attached hydrogens (tertiary/aromatic N) is 2. The predicted octanol–water partition coefficient (Wildman–Crippen LogP) is 4.14.